The van der Waals surface area contributed by atoms with E-state index in [0.717, 1.165) is 0 Å². The van der Waals surface area contributed by atoms with Gasteiger partial charge in [0.15, 0.2) is 9.84 Å². The molecule has 0 aliphatic carbocycles. The number of sulfone groups is 1. The molecule has 2 atom stereocenters. The predicted octanol–water partition coefficient (Wildman–Crippen LogP) is 2.18. The van der Waals surface area contributed by atoms with Gasteiger partial charge in [-0.3, -0.25) is 10.1 Å². The Morgan fingerprint density at radius 3 is 2.68 bits per heavy atom. The van der Waals surface area contributed by atoms with Crippen molar-refractivity contribution in [3.8, 4) is 0 Å². The van der Waals surface area contributed by atoms with E-state index >= 15 is 0 Å². The molecule has 1 heterocycles. The average molecular weight is 304 g/mol. The number of hydrogen-bond acceptors (Lipinski definition) is 4. The van der Waals surface area contributed by atoms with Crippen LogP contribution in [0.3, 0.4) is 0 Å². The molecular formula is C12H14ClNO4S. The van der Waals surface area contributed by atoms with E-state index in [9.17, 15) is 18.5 Å². The third kappa shape index (κ3) is 3.45. The molecule has 1 fully saturated rings. The lowest BCUT2D eigenvalue weighted by Crippen LogP contribution is -2.19. The fourth-order valence-electron chi connectivity index (χ4n) is 2.35. The number of nitrogens with zero attached hydrogens (tertiary/aromatic N) is 1. The van der Waals surface area contributed by atoms with Crippen LogP contribution in [0.5, 0.6) is 0 Å². The first-order valence-corrected chi connectivity index (χ1v) is 8.21. The summed E-state index contributed by atoms with van der Waals surface area (Å²) in [5.41, 5.74) is 0.589. The fraction of sp³-hybridized carbons (Fsp3) is 0.500. The Balaban J connectivity index is 2.12. The summed E-state index contributed by atoms with van der Waals surface area (Å²) in [4.78, 5) is 10.5. The number of para-hydroxylation sites is 1. The molecule has 5 nitrogen and oxygen atoms in total. The Labute approximate surface area is 116 Å². The molecule has 1 aliphatic rings. The van der Waals surface area contributed by atoms with Gasteiger partial charge < -0.3 is 0 Å². The number of benzene rings is 1. The van der Waals surface area contributed by atoms with Crippen molar-refractivity contribution < 1.29 is 13.3 Å². The molecule has 0 N–H and O–H groups in total. The Morgan fingerprint density at radius 2 is 2.11 bits per heavy atom. The maximum Gasteiger partial charge on any atom is 0.272 e. The van der Waals surface area contributed by atoms with Crippen molar-refractivity contribution in [1.29, 1.82) is 0 Å². The van der Waals surface area contributed by atoms with E-state index in [1.165, 1.54) is 6.07 Å². The number of nitro benzene ring substituents is 1. The topological polar surface area (TPSA) is 77.3 Å². The zero-order chi connectivity index (χ0) is 14.0. The minimum Gasteiger partial charge on any atom is -0.258 e. The first kappa shape index (κ1) is 14.3. The average Bonchev–Trinajstić information content (AvgIpc) is 2.70. The molecule has 0 amide bonds. The van der Waals surface area contributed by atoms with Gasteiger partial charge >= 0.3 is 0 Å². The van der Waals surface area contributed by atoms with E-state index < -0.39 is 20.1 Å². The van der Waals surface area contributed by atoms with Gasteiger partial charge in [0.05, 0.1) is 16.4 Å². The summed E-state index contributed by atoms with van der Waals surface area (Å²) in [6.07, 6.45) is 0.857. The smallest absolute Gasteiger partial charge is 0.258 e. The van der Waals surface area contributed by atoms with Gasteiger partial charge in [0.2, 0.25) is 0 Å². The fourth-order valence-corrected chi connectivity index (χ4v) is 4.71. The van der Waals surface area contributed by atoms with Crippen LogP contribution in [0.15, 0.2) is 24.3 Å². The molecule has 2 rings (SSSR count). The van der Waals surface area contributed by atoms with Gasteiger partial charge in [-0.1, -0.05) is 18.2 Å². The van der Waals surface area contributed by atoms with Gasteiger partial charge in [0, 0.05) is 17.0 Å². The van der Waals surface area contributed by atoms with Crippen LogP contribution < -0.4 is 0 Å². The van der Waals surface area contributed by atoms with Crippen LogP contribution in [0.25, 0.3) is 0 Å². The minimum atomic E-state index is -2.98. The van der Waals surface area contributed by atoms with Gasteiger partial charge in [0.25, 0.3) is 5.69 Å². The van der Waals surface area contributed by atoms with E-state index in [0.29, 0.717) is 18.4 Å². The summed E-state index contributed by atoms with van der Waals surface area (Å²) in [5, 5.41) is 10.5. The molecule has 0 radical (unpaired) electrons. The summed E-state index contributed by atoms with van der Waals surface area (Å²) in [7, 11) is -2.98. The lowest BCUT2D eigenvalue weighted by molar-refractivity contribution is -0.385. The van der Waals surface area contributed by atoms with Gasteiger partial charge in [-0.2, -0.15) is 0 Å². The highest BCUT2D eigenvalue weighted by atomic mass is 35.5. The van der Waals surface area contributed by atoms with Crippen molar-refractivity contribution in [1.82, 2.24) is 0 Å². The molecule has 0 bridgehead atoms. The molecule has 1 aliphatic heterocycles. The molecule has 19 heavy (non-hydrogen) atoms. The van der Waals surface area contributed by atoms with Crippen LogP contribution in [0.4, 0.5) is 5.69 Å². The molecule has 0 spiro atoms. The molecular weight excluding hydrogens is 290 g/mol. The maximum absolute atomic E-state index is 11.4. The molecule has 1 aromatic carbocycles. The van der Waals surface area contributed by atoms with Crippen LogP contribution >= 0.6 is 11.6 Å². The second-order valence-electron chi connectivity index (χ2n) is 4.77. The van der Waals surface area contributed by atoms with Crippen molar-refractivity contribution in [3.63, 3.8) is 0 Å². The summed E-state index contributed by atoms with van der Waals surface area (Å²) in [6.45, 7) is 0. The third-order valence-electron chi connectivity index (χ3n) is 3.38. The molecule has 1 aromatic rings. The lowest BCUT2D eigenvalue weighted by Gasteiger charge is -2.15. The van der Waals surface area contributed by atoms with Crippen LogP contribution in [0, 0.1) is 16.0 Å². The minimum absolute atomic E-state index is 0.0361. The molecule has 7 heteroatoms. The summed E-state index contributed by atoms with van der Waals surface area (Å²) < 4.78 is 22.8. The maximum atomic E-state index is 11.4. The van der Waals surface area contributed by atoms with Crippen LogP contribution in [0.1, 0.15) is 12.0 Å². The highest BCUT2D eigenvalue weighted by Crippen LogP contribution is 2.29. The van der Waals surface area contributed by atoms with E-state index in [2.05, 4.69) is 0 Å². The van der Waals surface area contributed by atoms with Gasteiger partial charge in [-0.25, -0.2) is 8.42 Å². The zero-order valence-corrected chi connectivity index (χ0v) is 11.7. The van der Waals surface area contributed by atoms with Crippen LogP contribution in [-0.4, -0.2) is 30.2 Å². The number of alkyl halides is 1. The molecule has 104 valence electrons. The Kier molecular flexibility index (Phi) is 4.10. The van der Waals surface area contributed by atoms with E-state index in [4.69, 9.17) is 11.6 Å². The first-order valence-electron chi connectivity index (χ1n) is 5.96. The SMILES string of the molecule is O=[N+]([O-])c1ccccc1CC(Cl)C1CCS(=O)(=O)C1. The van der Waals surface area contributed by atoms with Gasteiger partial charge in [-0.15, -0.1) is 11.6 Å². The summed E-state index contributed by atoms with van der Waals surface area (Å²) in [5.74, 6) is 0.131. The number of hydrogen-bond donors (Lipinski definition) is 0. The largest absolute Gasteiger partial charge is 0.272 e. The molecule has 0 saturated carbocycles. The van der Waals surface area contributed by atoms with Crippen molar-refractivity contribution in [2.45, 2.75) is 18.2 Å². The summed E-state index contributed by atoms with van der Waals surface area (Å²) in [6, 6.07) is 6.42. The molecule has 2 unspecified atom stereocenters. The zero-order valence-electron chi connectivity index (χ0n) is 10.2. The third-order valence-corrected chi connectivity index (χ3v) is 5.69. The summed E-state index contributed by atoms with van der Waals surface area (Å²) >= 11 is 6.24. The molecule has 0 aromatic heterocycles. The van der Waals surface area contributed by atoms with Crippen LogP contribution in [-0.2, 0) is 16.3 Å². The lowest BCUT2D eigenvalue weighted by atomic mass is 9.97. The Bertz CT molecular complexity index is 587. The van der Waals surface area contributed by atoms with Crippen molar-refractivity contribution in [2.24, 2.45) is 5.92 Å². The molecule has 1 saturated heterocycles. The standard InChI is InChI=1S/C12H14ClNO4S/c13-11(10-5-6-19(17,18)8-10)7-9-3-1-2-4-12(9)14(15)16/h1-4,10-11H,5-8H2. The second kappa shape index (κ2) is 5.46. The Morgan fingerprint density at radius 1 is 1.42 bits per heavy atom. The van der Waals surface area contributed by atoms with E-state index in [1.54, 1.807) is 18.2 Å². The quantitative estimate of drug-likeness (QED) is 0.485. The van der Waals surface area contributed by atoms with Crippen molar-refractivity contribution in [2.75, 3.05) is 11.5 Å². The van der Waals surface area contributed by atoms with Crippen LogP contribution in [0.2, 0.25) is 0 Å². The first-order chi connectivity index (χ1) is 8.89. The number of halogens is 1. The normalized spacial score (nSPS) is 23.1. The second-order valence-corrected chi connectivity index (χ2v) is 7.56. The highest BCUT2D eigenvalue weighted by molar-refractivity contribution is 7.91. The van der Waals surface area contributed by atoms with Gasteiger partial charge in [0.1, 0.15) is 0 Å². The Hall–Kier alpha value is -1.14. The predicted molar refractivity (Wildman–Crippen MR) is 73.2 cm³/mol. The van der Waals surface area contributed by atoms with E-state index in [1.807, 2.05) is 0 Å². The van der Waals surface area contributed by atoms with Crippen molar-refractivity contribution in [3.05, 3.63) is 39.9 Å². The monoisotopic (exact) mass is 303 g/mol. The number of nitro groups is 1. The highest BCUT2D eigenvalue weighted by Gasteiger charge is 2.33. The van der Waals surface area contributed by atoms with Gasteiger partial charge in [-0.05, 0) is 18.8 Å². The van der Waals surface area contributed by atoms with Crippen molar-refractivity contribution >= 4 is 27.1 Å². The number of rotatable bonds is 4. The van der Waals surface area contributed by atoms with E-state index in [-0.39, 0.29) is 23.1 Å².